The molecule has 2 aromatic heterocycles. The minimum absolute atomic E-state index is 0.713. The Morgan fingerprint density at radius 2 is 2.00 bits per heavy atom. The van der Waals surface area contributed by atoms with E-state index in [1.807, 2.05) is 31.2 Å². The van der Waals surface area contributed by atoms with Crippen LogP contribution < -0.4 is 11.5 Å². The number of hydrogen-bond donors (Lipinski definition) is 2. The molecule has 0 aliphatic rings. The van der Waals surface area contributed by atoms with Crippen LogP contribution in [0.3, 0.4) is 0 Å². The molecule has 0 saturated heterocycles. The normalized spacial score (nSPS) is 10.9. The summed E-state index contributed by atoms with van der Waals surface area (Å²) < 4.78 is 0. The molecule has 3 rings (SSSR count). The molecule has 0 aliphatic carbocycles. The fourth-order valence-corrected chi connectivity index (χ4v) is 2.88. The molecule has 0 spiro atoms. The van der Waals surface area contributed by atoms with E-state index in [-0.39, 0.29) is 0 Å². The van der Waals surface area contributed by atoms with Gasteiger partial charge in [-0.1, -0.05) is 12.1 Å². The van der Waals surface area contributed by atoms with Crippen LogP contribution >= 0.6 is 11.3 Å². The molecule has 0 amide bonds. The predicted molar refractivity (Wildman–Crippen MR) is 76.4 cm³/mol. The van der Waals surface area contributed by atoms with E-state index in [0.717, 1.165) is 32.0 Å². The summed E-state index contributed by atoms with van der Waals surface area (Å²) in [7, 11) is 0. The number of nitrogen functional groups attached to an aromatic ring is 2. The van der Waals surface area contributed by atoms with Crippen molar-refractivity contribution in [2.24, 2.45) is 0 Å². The maximum Gasteiger partial charge on any atom is 0.129 e. The number of fused-ring (bicyclic) bond motifs is 1. The van der Waals surface area contributed by atoms with E-state index in [1.165, 1.54) is 0 Å². The molecular weight excluding hydrogens is 244 g/mol. The standard InChI is InChI=1S/C13H12N4S/c1-7-11(15)10-12(16-6-17-13(10)18-7)8-3-2-4-9(14)5-8/h2-6H,14-15H2,1H3. The van der Waals surface area contributed by atoms with Crippen LogP contribution in [0, 0.1) is 6.92 Å². The van der Waals surface area contributed by atoms with Crippen LogP contribution in [0.1, 0.15) is 4.88 Å². The van der Waals surface area contributed by atoms with Crippen molar-refractivity contribution in [1.82, 2.24) is 9.97 Å². The van der Waals surface area contributed by atoms with E-state index >= 15 is 0 Å². The zero-order valence-corrected chi connectivity index (χ0v) is 10.7. The Morgan fingerprint density at radius 1 is 1.17 bits per heavy atom. The average molecular weight is 256 g/mol. The molecule has 5 heteroatoms. The first-order valence-corrected chi connectivity index (χ1v) is 6.34. The summed E-state index contributed by atoms with van der Waals surface area (Å²) in [5.74, 6) is 0. The second-order valence-electron chi connectivity index (χ2n) is 4.10. The highest BCUT2D eigenvalue weighted by Crippen LogP contribution is 2.37. The smallest absolute Gasteiger partial charge is 0.129 e. The van der Waals surface area contributed by atoms with Gasteiger partial charge in [-0.25, -0.2) is 9.97 Å². The van der Waals surface area contributed by atoms with Crippen molar-refractivity contribution < 1.29 is 0 Å². The minimum Gasteiger partial charge on any atom is -0.399 e. The van der Waals surface area contributed by atoms with Crippen LogP contribution in [0.5, 0.6) is 0 Å². The van der Waals surface area contributed by atoms with Crippen molar-refractivity contribution in [3.8, 4) is 11.3 Å². The second kappa shape index (κ2) is 3.96. The third kappa shape index (κ3) is 1.60. The molecule has 0 radical (unpaired) electrons. The number of aromatic nitrogens is 2. The van der Waals surface area contributed by atoms with E-state index in [4.69, 9.17) is 11.5 Å². The van der Waals surface area contributed by atoms with Gasteiger partial charge in [-0.15, -0.1) is 11.3 Å². The van der Waals surface area contributed by atoms with Gasteiger partial charge in [0.2, 0.25) is 0 Å². The lowest BCUT2D eigenvalue weighted by Gasteiger charge is -2.04. The summed E-state index contributed by atoms with van der Waals surface area (Å²) in [5.41, 5.74) is 15.2. The number of benzene rings is 1. The third-order valence-electron chi connectivity index (χ3n) is 2.87. The van der Waals surface area contributed by atoms with Crippen molar-refractivity contribution in [3.63, 3.8) is 0 Å². The summed E-state index contributed by atoms with van der Waals surface area (Å²) in [5, 5.41) is 0.922. The van der Waals surface area contributed by atoms with E-state index in [0.29, 0.717) is 5.69 Å². The minimum atomic E-state index is 0.713. The van der Waals surface area contributed by atoms with Gasteiger partial charge in [0.05, 0.1) is 16.8 Å². The highest BCUT2D eigenvalue weighted by atomic mass is 32.1. The third-order valence-corrected chi connectivity index (χ3v) is 3.90. The highest BCUT2D eigenvalue weighted by molar-refractivity contribution is 7.19. The molecule has 0 saturated carbocycles. The lowest BCUT2D eigenvalue weighted by Crippen LogP contribution is -1.92. The van der Waals surface area contributed by atoms with E-state index in [1.54, 1.807) is 17.7 Å². The number of aryl methyl sites for hydroxylation is 1. The van der Waals surface area contributed by atoms with Crippen molar-refractivity contribution in [1.29, 1.82) is 0 Å². The molecule has 0 unspecified atom stereocenters. The number of rotatable bonds is 1. The van der Waals surface area contributed by atoms with Gasteiger partial charge in [-0.3, -0.25) is 0 Å². The van der Waals surface area contributed by atoms with Crippen molar-refractivity contribution >= 4 is 32.9 Å². The Hall–Kier alpha value is -2.14. The monoisotopic (exact) mass is 256 g/mol. The lowest BCUT2D eigenvalue weighted by molar-refractivity contribution is 1.24. The zero-order chi connectivity index (χ0) is 12.7. The Balaban J connectivity index is 2.35. The molecule has 90 valence electrons. The van der Waals surface area contributed by atoms with Crippen LogP contribution in [-0.4, -0.2) is 9.97 Å². The molecule has 3 aromatic rings. The quantitative estimate of drug-likeness (QED) is 0.656. The van der Waals surface area contributed by atoms with E-state index in [2.05, 4.69) is 9.97 Å². The molecule has 4 nitrogen and oxygen atoms in total. The largest absolute Gasteiger partial charge is 0.399 e. The van der Waals surface area contributed by atoms with Crippen LogP contribution in [0.25, 0.3) is 21.5 Å². The number of hydrogen-bond acceptors (Lipinski definition) is 5. The van der Waals surface area contributed by atoms with Gasteiger partial charge in [-0.2, -0.15) is 0 Å². The fraction of sp³-hybridized carbons (Fsp3) is 0.0769. The van der Waals surface area contributed by atoms with Crippen molar-refractivity contribution in [3.05, 3.63) is 35.5 Å². The molecule has 0 atom stereocenters. The maximum absolute atomic E-state index is 6.11. The molecule has 0 aliphatic heterocycles. The fourth-order valence-electron chi connectivity index (χ4n) is 1.97. The zero-order valence-electron chi connectivity index (χ0n) is 9.84. The number of anilines is 2. The van der Waals surface area contributed by atoms with Crippen LogP contribution in [0.2, 0.25) is 0 Å². The average Bonchev–Trinajstić information content (AvgIpc) is 2.65. The Kier molecular flexibility index (Phi) is 2.41. The van der Waals surface area contributed by atoms with Crippen molar-refractivity contribution in [2.75, 3.05) is 11.5 Å². The lowest BCUT2D eigenvalue weighted by atomic mass is 10.1. The highest BCUT2D eigenvalue weighted by Gasteiger charge is 2.13. The van der Waals surface area contributed by atoms with E-state index < -0.39 is 0 Å². The predicted octanol–water partition coefficient (Wildman–Crippen LogP) is 2.83. The number of nitrogens with two attached hydrogens (primary N) is 2. The topological polar surface area (TPSA) is 77.8 Å². The molecule has 18 heavy (non-hydrogen) atoms. The van der Waals surface area contributed by atoms with Gasteiger partial charge in [0.25, 0.3) is 0 Å². The van der Waals surface area contributed by atoms with Gasteiger partial charge in [0.15, 0.2) is 0 Å². The Labute approximate surface area is 108 Å². The molecule has 0 fully saturated rings. The van der Waals surface area contributed by atoms with Crippen molar-refractivity contribution in [2.45, 2.75) is 6.92 Å². The van der Waals surface area contributed by atoms with Gasteiger partial charge >= 0.3 is 0 Å². The first kappa shape index (κ1) is 11.0. The molecule has 1 aromatic carbocycles. The van der Waals surface area contributed by atoms with Crippen LogP contribution in [0.15, 0.2) is 30.6 Å². The molecule has 4 N–H and O–H groups in total. The first-order valence-electron chi connectivity index (χ1n) is 5.52. The second-order valence-corrected chi connectivity index (χ2v) is 5.30. The Bertz CT molecular complexity index is 733. The maximum atomic E-state index is 6.11. The van der Waals surface area contributed by atoms with Crippen LogP contribution in [-0.2, 0) is 0 Å². The van der Waals surface area contributed by atoms with Gasteiger partial charge in [0.1, 0.15) is 11.2 Å². The summed E-state index contributed by atoms with van der Waals surface area (Å²) in [6.07, 6.45) is 1.57. The first-order chi connectivity index (χ1) is 8.66. The van der Waals surface area contributed by atoms with Gasteiger partial charge in [0, 0.05) is 16.1 Å². The summed E-state index contributed by atoms with van der Waals surface area (Å²) >= 11 is 1.58. The number of nitrogens with zero attached hydrogens (tertiary/aromatic N) is 2. The van der Waals surface area contributed by atoms with Gasteiger partial charge < -0.3 is 11.5 Å². The summed E-state index contributed by atoms with van der Waals surface area (Å²) in [6, 6.07) is 7.64. The van der Waals surface area contributed by atoms with Gasteiger partial charge in [-0.05, 0) is 19.1 Å². The summed E-state index contributed by atoms with van der Waals surface area (Å²) in [4.78, 5) is 10.6. The summed E-state index contributed by atoms with van der Waals surface area (Å²) in [6.45, 7) is 1.99. The van der Waals surface area contributed by atoms with E-state index in [9.17, 15) is 0 Å². The molecule has 0 bridgehead atoms. The SMILES string of the molecule is Cc1sc2ncnc(-c3cccc(N)c3)c2c1N. The molecule has 2 heterocycles. The van der Waals surface area contributed by atoms with Crippen LogP contribution in [0.4, 0.5) is 11.4 Å². The molecular formula is C13H12N4S. The number of thiophene rings is 1. The Morgan fingerprint density at radius 3 is 2.78 bits per heavy atom.